The number of hydrogen-bond donors (Lipinski definition) is 1. The molecule has 17 heteroatoms. The molecule has 0 radical (unpaired) electrons. The van der Waals surface area contributed by atoms with Gasteiger partial charge in [0.2, 0.25) is 5.91 Å². The van der Waals surface area contributed by atoms with Crippen LogP contribution in [-0.2, 0) is 17.6 Å². The fraction of sp³-hybridized carbons (Fsp3) is 0.426. The zero-order chi connectivity index (χ0) is 45.1. The molecule has 4 aromatic rings. The van der Waals surface area contributed by atoms with Gasteiger partial charge in [-0.25, -0.2) is 18.3 Å². The number of hydrogen-bond acceptors (Lipinski definition) is 7. The number of nitrogens with one attached hydrogen (secondary N) is 1. The van der Waals surface area contributed by atoms with Gasteiger partial charge in [0, 0.05) is 88.9 Å². The fourth-order valence-electron chi connectivity index (χ4n) is 9.21. The zero-order valence-corrected chi connectivity index (χ0v) is 35.2. The van der Waals surface area contributed by atoms with Crippen LogP contribution in [0.3, 0.4) is 0 Å². The van der Waals surface area contributed by atoms with E-state index in [1.807, 2.05) is 12.2 Å². The van der Waals surface area contributed by atoms with Crippen molar-refractivity contribution in [3.63, 3.8) is 0 Å². The highest BCUT2D eigenvalue weighted by molar-refractivity contribution is 5.96. The van der Waals surface area contributed by atoms with Gasteiger partial charge >= 0.3 is 6.18 Å². The molecule has 8 rings (SSSR count). The summed E-state index contributed by atoms with van der Waals surface area (Å²) in [6.07, 6.45) is 1.43. The highest BCUT2D eigenvalue weighted by atomic mass is 19.4. The summed E-state index contributed by atoms with van der Waals surface area (Å²) in [7, 11) is 0. The van der Waals surface area contributed by atoms with Crippen molar-refractivity contribution in [2.75, 3.05) is 78.5 Å². The first kappa shape index (κ1) is 44.8. The van der Waals surface area contributed by atoms with Gasteiger partial charge in [0.1, 0.15) is 23.0 Å². The van der Waals surface area contributed by atoms with E-state index in [1.54, 1.807) is 15.9 Å². The summed E-state index contributed by atoms with van der Waals surface area (Å²) < 4.78 is 84.3. The molecule has 1 N–H and O–H groups in total. The lowest BCUT2D eigenvalue weighted by molar-refractivity contribution is -0.134. The standard InChI is InChI=1S/C47H49F6N7O4/c48-38-9-8-31(24-41-35-6-1-2-7-36(35)44(62)55-54-41)23-37(38)45(63)60-20-18-58(19-21-60)42(61)29-57-16-14-56(15-17-57)28-30-10-12-59(13-11-30)46(64)43-39(49)25-34(26-40(43)50)33-5-3-4-32(22-33)27-47(51,52)53/h3-9,22-23,25-26,30H,1-2,10-21,24,27-29H2,(H,55,62). The molecule has 3 amide bonds. The zero-order valence-electron chi connectivity index (χ0n) is 35.2. The summed E-state index contributed by atoms with van der Waals surface area (Å²) in [6, 6.07) is 11.8. The molecule has 0 bridgehead atoms. The minimum atomic E-state index is -4.43. The number of aromatic amines is 1. The number of aromatic nitrogens is 2. The van der Waals surface area contributed by atoms with Crippen LogP contribution in [0.2, 0.25) is 0 Å². The van der Waals surface area contributed by atoms with Gasteiger partial charge in [0.05, 0.1) is 24.2 Å². The Kier molecular flexibility index (Phi) is 13.4. The Hall–Kier alpha value is -5.81. The number of fused-ring (bicyclic) bond motifs is 1. The van der Waals surface area contributed by atoms with Crippen LogP contribution in [-0.4, -0.2) is 137 Å². The first-order valence-corrected chi connectivity index (χ1v) is 21.7. The van der Waals surface area contributed by atoms with E-state index in [1.165, 1.54) is 41.3 Å². The van der Waals surface area contributed by atoms with E-state index in [9.17, 15) is 32.3 Å². The molecule has 1 aliphatic carbocycles. The number of piperidine rings is 1. The predicted molar refractivity (Wildman–Crippen MR) is 227 cm³/mol. The largest absolute Gasteiger partial charge is 0.393 e. The van der Waals surface area contributed by atoms with Crippen molar-refractivity contribution in [3.8, 4) is 11.1 Å². The number of likely N-dealkylation sites (tertiary alicyclic amines) is 1. The maximum absolute atomic E-state index is 15.3. The van der Waals surface area contributed by atoms with Crippen molar-refractivity contribution < 1.29 is 40.7 Å². The highest BCUT2D eigenvalue weighted by Gasteiger charge is 2.32. The Morgan fingerprint density at radius 3 is 2.00 bits per heavy atom. The molecule has 0 unspecified atom stereocenters. The van der Waals surface area contributed by atoms with Crippen molar-refractivity contribution in [1.29, 1.82) is 0 Å². The molecule has 0 spiro atoms. The molecule has 0 saturated carbocycles. The summed E-state index contributed by atoms with van der Waals surface area (Å²) in [5.74, 6) is -3.73. The third-order valence-electron chi connectivity index (χ3n) is 12.7. The van der Waals surface area contributed by atoms with Gasteiger partial charge < -0.3 is 19.6 Å². The number of alkyl halides is 3. The number of nitrogens with zero attached hydrogens (tertiary/aromatic N) is 6. The molecule has 338 valence electrons. The van der Waals surface area contributed by atoms with E-state index >= 15 is 13.2 Å². The second-order valence-corrected chi connectivity index (χ2v) is 17.1. The van der Waals surface area contributed by atoms with E-state index < -0.39 is 47.4 Å². The molecule has 11 nitrogen and oxygen atoms in total. The summed E-state index contributed by atoms with van der Waals surface area (Å²) in [5.41, 5.74) is 0.566. The van der Waals surface area contributed by atoms with E-state index in [2.05, 4.69) is 20.0 Å². The van der Waals surface area contributed by atoms with Gasteiger partial charge in [0.25, 0.3) is 17.4 Å². The highest BCUT2D eigenvalue weighted by Crippen LogP contribution is 2.30. The Morgan fingerprint density at radius 2 is 1.31 bits per heavy atom. The first-order valence-electron chi connectivity index (χ1n) is 21.7. The monoisotopic (exact) mass is 889 g/mol. The normalized spacial score (nSPS) is 17.8. The average molecular weight is 890 g/mol. The van der Waals surface area contributed by atoms with Crippen LogP contribution in [0.15, 0.2) is 59.4 Å². The first-order chi connectivity index (χ1) is 30.7. The average Bonchev–Trinajstić information content (AvgIpc) is 3.28. The van der Waals surface area contributed by atoms with E-state index in [0.29, 0.717) is 75.0 Å². The minimum absolute atomic E-state index is 0.0331. The molecule has 3 fully saturated rings. The van der Waals surface area contributed by atoms with Crippen molar-refractivity contribution >= 4 is 29.9 Å². The summed E-state index contributed by atoms with van der Waals surface area (Å²) in [6.45, 7) is 5.77. The number of amides is 3. The molecule has 0 atom stereocenters. The van der Waals surface area contributed by atoms with Crippen molar-refractivity contribution in [3.05, 3.63) is 121 Å². The number of rotatable bonds is 10. The maximum Gasteiger partial charge on any atom is 0.393 e. The molecule has 4 heterocycles. The summed E-state index contributed by atoms with van der Waals surface area (Å²) in [5, 5.41) is 8.12. The number of H-pyrrole nitrogens is 1. The molecular formula is C47H49F6N7O4. The molecule has 3 aromatic carbocycles. The third kappa shape index (κ3) is 10.4. The van der Waals surface area contributed by atoms with Gasteiger partial charge in [-0.3, -0.25) is 24.1 Å². The quantitative estimate of drug-likeness (QED) is 0.236. The number of carbonyl (C=O) groups is 3. The van der Waals surface area contributed by atoms with Gasteiger partial charge in [-0.2, -0.15) is 18.3 Å². The topological polar surface area (TPSA) is 113 Å². The number of piperazine rings is 2. The Labute approximate surface area is 365 Å². The predicted octanol–water partition coefficient (Wildman–Crippen LogP) is 4.36. The van der Waals surface area contributed by atoms with Gasteiger partial charge in [-0.15, -0.1) is 0 Å². The number of benzene rings is 3. The van der Waals surface area contributed by atoms with Gasteiger partial charge in [0.15, 0.2) is 0 Å². The lowest BCUT2D eigenvalue weighted by atomic mass is 9.95. The van der Waals surface area contributed by atoms with Gasteiger partial charge in [-0.1, -0.05) is 42.5 Å². The molecular weight excluding hydrogens is 841 g/mol. The minimum Gasteiger partial charge on any atom is -0.338 e. The van der Waals surface area contributed by atoms with Crippen LogP contribution in [0.1, 0.15) is 63.2 Å². The SMILES string of the molecule is O=C(CN1CCN(CC2CCN(C(=O)c3c(F)cc(-c4cccc(CC(F)(F)F)c4)cc3F)CC2)CC1)N1CCN(C(=O)c2cc(Cc3n[nH]c(=O)c4c3=CCCC=4)ccc2F)CC1. The second-order valence-electron chi connectivity index (χ2n) is 17.1. The van der Waals surface area contributed by atoms with Crippen molar-refractivity contribution in [1.82, 2.24) is 34.7 Å². The second kappa shape index (κ2) is 19.1. The Bertz CT molecular complexity index is 2570. The molecule has 1 aromatic heterocycles. The smallest absolute Gasteiger partial charge is 0.338 e. The summed E-state index contributed by atoms with van der Waals surface area (Å²) in [4.78, 5) is 61.6. The van der Waals surface area contributed by atoms with Crippen LogP contribution in [0.4, 0.5) is 26.3 Å². The molecule has 64 heavy (non-hydrogen) atoms. The Balaban J connectivity index is 0.763. The van der Waals surface area contributed by atoms with Crippen molar-refractivity contribution in [2.24, 2.45) is 5.92 Å². The van der Waals surface area contributed by atoms with Crippen LogP contribution in [0, 0.1) is 23.4 Å². The van der Waals surface area contributed by atoms with Gasteiger partial charge in [-0.05, 0) is 78.1 Å². The fourth-order valence-corrected chi connectivity index (χ4v) is 9.21. The van der Waals surface area contributed by atoms with Crippen LogP contribution < -0.4 is 16.0 Å². The lowest BCUT2D eigenvalue weighted by Crippen LogP contribution is -2.55. The van der Waals surface area contributed by atoms with E-state index in [-0.39, 0.29) is 59.3 Å². The van der Waals surface area contributed by atoms with E-state index in [4.69, 9.17) is 0 Å². The Morgan fingerprint density at radius 1 is 0.672 bits per heavy atom. The van der Waals surface area contributed by atoms with E-state index in [0.717, 1.165) is 49.8 Å². The van der Waals surface area contributed by atoms with Crippen LogP contribution in [0.5, 0.6) is 0 Å². The molecule has 4 aliphatic rings. The third-order valence-corrected chi connectivity index (χ3v) is 12.7. The van der Waals surface area contributed by atoms with Crippen LogP contribution >= 0.6 is 0 Å². The number of halogens is 6. The molecule has 3 aliphatic heterocycles. The van der Waals surface area contributed by atoms with Crippen molar-refractivity contribution in [2.45, 2.75) is 44.7 Å². The lowest BCUT2D eigenvalue weighted by Gasteiger charge is -2.40. The van der Waals surface area contributed by atoms with Crippen LogP contribution in [0.25, 0.3) is 23.3 Å². The maximum atomic E-state index is 15.3. The number of carbonyl (C=O) groups excluding carboxylic acids is 3. The molecule has 3 saturated heterocycles. The summed E-state index contributed by atoms with van der Waals surface area (Å²) >= 11 is 0.